The van der Waals surface area contributed by atoms with E-state index in [1.165, 1.54) is 0 Å². The van der Waals surface area contributed by atoms with Gasteiger partial charge in [-0.3, -0.25) is 0 Å². The van der Waals surface area contributed by atoms with Gasteiger partial charge >= 0.3 is 0 Å². The zero-order chi connectivity index (χ0) is 14.3. The average Bonchev–Trinajstić information content (AvgIpc) is 2.36. The van der Waals surface area contributed by atoms with Crippen molar-refractivity contribution in [3.8, 4) is 0 Å². The van der Waals surface area contributed by atoms with E-state index in [9.17, 15) is 8.42 Å². The predicted octanol–water partition coefficient (Wildman–Crippen LogP) is 2.24. The summed E-state index contributed by atoms with van der Waals surface area (Å²) in [5.41, 5.74) is 0. The molecule has 0 radical (unpaired) electrons. The van der Waals surface area contributed by atoms with Gasteiger partial charge in [0, 0.05) is 17.6 Å². The van der Waals surface area contributed by atoms with E-state index in [-0.39, 0.29) is 11.8 Å². The van der Waals surface area contributed by atoms with Crippen LogP contribution < -0.4 is 5.32 Å². The normalized spacial score (nSPS) is 13.4. The molecular weight excluding hydrogens is 330 g/mol. The molecule has 0 spiro atoms. The van der Waals surface area contributed by atoms with E-state index in [0.717, 1.165) is 13.0 Å². The fourth-order valence-electron chi connectivity index (χ4n) is 1.77. The van der Waals surface area contributed by atoms with Crippen molar-refractivity contribution < 1.29 is 13.2 Å². The van der Waals surface area contributed by atoms with Crippen molar-refractivity contribution in [2.45, 2.75) is 24.3 Å². The first-order chi connectivity index (χ1) is 9.01. The van der Waals surface area contributed by atoms with Crippen LogP contribution in [-0.2, 0) is 14.6 Å². The Morgan fingerprint density at radius 1 is 1.37 bits per heavy atom. The summed E-state index contributed by atoms with van der Waals surface area (Å²) in [5, 5.41) is 3.20. The first-order valence-electron chi connectivity index (χ1n) is 6.21. The Balaban J connectivity index is 2.85. The monoisotopic (exact) mass is 349 g/mol. The van der Waals surface area contributed by atoms with Crippen LogP contribution in [0, 0.1) is 0 Å². The van der Waals surface area contributed by atoms with Gasteiger partial charge in [-0.15, -0.1) is 0 Å². The highest BCUT2D eigenvalue weighted by Gasteiger charge is 2.22. The first-order valence-corrected chi connectivity index (χ1v) is 8.65. The van der Waals surface area contributed by atoms with Gasteiger partial charge < -0.3 is 10.1 Å². The fourth-order valence-corrected chi connectivity index (χ4v) is 4.37. The molecule has 6 heteroatoms. The van der Waals surface area contributed by atoms with Crippen LogP contribution in [-0.4, -0.2) is 40.5 Å². The number of ether oxygens (including phenoxy) is 1. The smallest absolute Gasteiger partial charge is 0.181 e. The number of benzene rings is 1. The third-order valence-corrected chi connectivity index (χ3v) is 5.46. The molecule has 0 fully saturated rings. The number of rotatable bonds is 8. The summed E-state index contributed by atoms with van der Waals surface area (Å²) in [7, 11) is -1.76. The van der Waals surface area contributed by atoms with E-state index in [4.69, 9.17) is 4.74 Å². The van der Waals surface area contributed by atoms with Crippen LogP contribution in [0.15, 0.2) is 33.6 Å². The maximum Gasteiger partial charge on any atom is 0.181 e. The van der Waals surface area contributed by atoms with Crippen molar-refractivity contribution in [3.63, 3.8) is 0 Å². The summed E-state index contributed by atoms with van der Waals surface area (Å²) < 4.78 is 30.4. The van der Waals surface area contributed by atoms with Crippen molar-refractivity contribution in [2.75, 3.05) is 26.0 Å². The number of hydrogen-bond donors (Lipinski definition) is 1. The SMILES string of the molecule is CCCNC(COC)CS(=O)(=O)c1ccccc1Br. The van der Waals surface area contributed by atoms with Crippen molar-refractivity contribution >= 4 is 25.8 Å². The van der Waals surface area contributed by atoms with Crippen molar-refractivity contribution in [1.29, 1.82) is 0 Å². The minimum atomic E-state index is -3.33. The van der Waals surface area contributed by atoms with Gasteiger partial charge in [-0.1, -0.05) is 19.1 Å². The molecule has 1 unspecified atom stereocenters. The quantitative estimate of drug-likeness (QED) is 0.781. The summed E-state index contributed by atoms with van der Waals surface area (Å²) in [4.78, 5) is 0.328. The van der Waals surface area contributed by atoms with Gasteiger partial charge in [0.15, 0.2) is 9.84 Å². The molecule has 19 heavy (non-hydrogen) atoms. The number of sulfone groups is 1. The number of hydrogen-bond acceptors (Lipinski definition) is 4. The van der Waals surface area contributed by atoms with E-state index >= 15 is 0 Å². The topological polar surface area (TPSA) is 55.4 Å². The van der Waals surface area contributed by atoms with E-state index in [1.807, 2.05) is 6.92 Å². The minimum absolute atomic E-state index is 0.0312. The molecule has 0 saturated carbocycles. The largest absolute Gasteiger partial charge is 0.383 e. The van der Waals surface area contributed by atoms with Crippen LogP contribution >= 0.6 is 15.9 Å². The average molecular weight is 350 g/mol. The highest BCUT2D eigenvalue weighted by Crippen LogP contribution is 2.22. The third-order valence-electron chi connectivity index (χ3n) is 2.64. The van der Waals surface area contributed by atoms with Gasteiger partial charge in [-0.05, 0) is 41.0 Å². The van der Waals surface area contributed by atoms with Gasteiger partial charge in [-0.2, -0.15) is 0 Å². The number of halogens is 1. The van der Waals surface area contributed by atoms with Crippen molar-refractivity contribution in [2.24, 2.45) is 0 Å². The van der Waals surface area contributed by atoms with Gasteiger partial charge in [0.25, 0.3) is 0 Å². The second-order valence-electron chi connectivity index (χ2n) is 4.32. The van der Waals surface area contributed by atoms with Crippen molar-refractivity contribution in [3.05, 3.63) is 28.7 Å². The fraction of sp³-hybridized carbons (Fsp3) is 0.538. The molecule has 1 rings (SSSR count). The molecule has 0 aromatic heterocycles. The Bertz CT molecular complexity index is 490. The molecule has 0 bridgehead atoms. The van der Waals surface area contributed by atoms with Crippen LogP contribution in [0.3, 0.4) is 0 Å². The molecule has 0 saturated heterocycles. The molecule has 0 aliphatic carbocycles. The summed E-state index contributed by atoms with van der Waals surface area (Å²) in [6, 6.07) is 6.68. The maximum atomic E-state index is 12.4. The number of methoxy groups -OCH3 is 1. The lowest BCUT2D eigenvalue weighted by Gasteiger charge is -2.18. The Kier molecular flexibility index (Phi) is 6.99. The summed E-state index contributed by atoms with van der Waals surface area (Å²) in [6.07, 6.45) is 0.954. The lowest BCUT2D eigenvalue weighted by molar-refractivity contribution is 0.173. The van der Waals surface area contributed by atoms with Gasteiger partial charge in [0.1, 0.15) is 0 Å². The molecule has 4 nitrogen and oxygen atoms in total. The Labute approximate surface area is 123 Å². The van der Waals surface area contributed by atoms with Crippen LogP contribution in [0.2, 0.25) is 0 Å². The summed E-state index contributed by atoms with van der Waals surface area (Å²) >= 11 is 3.28. The van der Waals surface area contributed by atoms with Crippen LogP contribution in [0.4, 0.5) is 0 Å². The molecule has 0 heterocycles. The number of nitrogens with one attached hydrogen (secondary N) is 1. The predicted molar refractivity (Wildman–Crippen MR) is 80.2 cm³/mol. The zero-order valence-corrected chi connectivity index (χ0v) is 13.6. The lowest BCUT2D eigenvalue weighted by atomic mass is 10.3. The first kappa shape index (κ1) is 16.6. The molecular formula is C13H20BrNO3S. The van der Waals surface area contributed by atoms with Gasteiger partial charge in [-0.25, -0.2) is 8.42 Å². The highest BCUT2D eigenvalue weighted by atomic mass is 79.9. The van der Waals surface area contributed by atoms with E-state index in [1.54, 1.807) is 31.4 Å². The molecule has 0 aliphatic heterocycles. The van der Waals surface area contributed by atoms with Crippen LogP contribution in [0.5, 0.6) is 0 Å². The van der Waals surface area contributed by atoms with Gasteiger partial charge in [0.05, 0.1) is 17.3 Å². The Morgan fingerprint density at radius 3 is 2.63 bits per heavy atom. The van der Waals surface area contributed by atoms with E-state index < -0.39 is 9.84 Å². The molecule has 1 atom stereocenters. The third kappa shape index (κ3) is 5.22. The summed E-state index contributed by atoms with van der Waals surface area (Å²) in [5.74, 6) is 0.0312. The molecule has 0 aliphatic rings. The minimum Gasteiger partial charge on any atom is -0.383 e. The lowest BCUT2D eigenvalue weighted by Crippen LogP contribution is -2.39. The maximum absolute atomic E-state index is 12.4. The Morgan fingerprint density at radius 2 is 2.05 bits per heavy atom. The second-order valence-corrected chi connectivity index (χ2v) is 7.18. The van der Waals surface area contributed by atoms with E-state index in [2.05, 4.69) is 21.2 Å². The van der Waals surface area contributed by atoms with Gasteiger partial charge in [0.2, 0.25) is 0 Å². The summed E-state index contributed by atoms with van der Waals surface area (Å²) in [6.45, 7) is 3.20. The second kappa shape index (κ2) is 7.99. The van der Waals surface area contributed by atoms with Crippen LogP contribution in [0.1, 0.15) is 13.3 Å². The van der Waals surface area contributed by atoms with E-state index in [0.29, 0.717) is 16.0 Å². The van der Waals surface area contributed by atoms with Crippen LogP contribution in [0.25, 0.3) is 0 Å². The molecule has 108 valence electrons. The van der Waals surface area contributed by atoms with Crippen molar-refractivity contribution in [1.82, 2.24) is 5.32 Å². The zero-order valence-electron chi connectivity index (χ0n) is 11.2. The molecule has 1 aromatic rings. The standard InChI is InChI=1S/C13H20BrNO3S/c1-3-8-15-11(9-18-2)10-19(16,17)13-7-5-4-6-12(13)14/h4-7,11,15H,3,8-10H2,1-2H3. The highest BCUT2D eigenvalue weighted by molar-refractivity contribution is 9.10. The molecule has 1 aromatic carbocycles. The molecule has 1 N–H and O–H groups in total. The Hall–Kier alpha value is -0.430. The molecule has 0 amide bonds.